The van der Waals surface area contributed by atoms with Crippen LogP contribution in [0, 0.1) is 13.8 Å². The van der Waals surface area contributed by atoms with Crippen molar-refractivity contribution < 1.29 is 9.53 Å². The molecule has 1 aromatic rings. The number of ether oxygens (including phenoxy) is 1. The molecule has 0 amide bonds. The van der Waals surface area contributed by atoms with Gasteiger partial charge in [-0.05, 0) is 30.5 Å². The van der Waals surface area contributed by atoms with Crippen LogP contribution < -0.4 is 0 Å². The third-order valence-electron chi connectivity index (χ3n) is 1.87. The molecule has 0 heterocycles. The van der Waals surface area contributed by atoms with Crippen LogP contribution >= 0.6 is 0 Å². The van der Waals surface area contributed by atoms with Crippen LogP contribution in [0.2, 0.25) is 0 Å². The highest BCUT2D eigenvalue weighted by Gasteiger charge is 1.95. The Bertz CT molecular complexity index is 279. The molecule has 1 aromatic carbocycles. The first-order valence-corrected chi connectivity index (χ1v) is 3.79. The van der Waals surface area contributed by atoms with Gasteiger partial charge in [0, 0.05) is 0 Å². The molecule has 0 atom stereocenters. The van der Waals surface area contributed by atoms with Gasteiger partial charge in [0.15, 0.2) is 0 Å². The topological polar surface area (TPSA) is 26.3 Å². The van der Waals surface area contributed by atoms with Gasteiger partial charge in [-0.2, -0.15) is 0 Å². The molecule has 0 spiro atoms. The largest absolute Gasteiger partial charge is 0.452 e. The Morgan fingerprint density at radius 3 is 2.67 bits per heavy atom. The molecule has 0 unspecified atom stereocenters. The van der Waals surface area contributed by atoms with E-state index in [1.54, 1.807) is 0 Å². The smallest absolute Gasteiger partial charge is 0.417 e. The molecule has 2 heteroatoms. The maximum atomic E-state index is 9.78. The maximum absolute atomic E-state index is 9.78. The quantitative estimate of drug-likeness (QED) is 0.680. The zero-order valence-corrected chi connectivity index (χ0v) is 7.26. The van der Waals surface area contributed by atoms with Gasteiger partial charge in [-0.1, -0.05) is 18.2 Å². The number of benzene rings is 1. The van der Waals surface area contributed by atoms with Crippen LogP contribution in [-0.2, 0) is 16.1 Å². The Morgan fingerprint density at radius 1 is 1.33 bits per heavy atom. The van der Waals surface area contributed by atoms with Crippen LogP contribution in [0.1, 0.15) is 16.7 Å². The van der Waals surface area contributed by atoms with Gasteiger partial charge in [-0.15, -0.1) is 0 Å². The van der Waals surface area contributed by atoms with E-state index in [9.17, 15) is 4.79 Å². The molecule has 0 N–H and O–H groups in total. The molecule has 1 rings (SSSR count). The van der Waals surface area contributed by atoms with Crippen LogP contribution in [0.4, 0.5) is 0 Å². The molecule has 0 aliphatic heterocycles. The fraction of sp³-hybridized carbons (Fsp3) is 0.300. The third-order valence-corrected chi connectivity index (χ3v) is 1.87. The van der Waals surface area contributed by atoms with Crippen LogP contribution in [0.3, 0.4) is 0 Å². The minimum atomic E-state index is 0.310. The lowest BCUT2D eigenvalue weighted by molar-refractivity contribution is 0.267. The maximum Gasteiger partial charge on any atom is 0.417 e. The number of carbonyl (C=O) groups excluding carboxylic acids is 1. The normalized spacial score (nSPS) is 9.50. The minimum Gasteiger partial charge on any atom is -0.452 e. The van der Waals surface area contributed by atoms with E-state index in [1.165, 1.54) is 17.6 Å². The van der Waals surface area contributed by atoms with Crippen LogP contribution in [0.5, 0.6) is 0 Å². The van der Waals surface area contributed by atoms with Gasteiger partial charge < -0.3 is 4.74 Å². The van der Waals surface area contributed by atoms with Gasteiger partial charge >= 0.3 is 6.47 Å². The summed E-state index contributed by atoms with van der Waals surface area (Å²) in [7, 11) is 0. The molecule has 0 bridgehead atoms. The van der Waals surface area contributed by atoms with Crippen LogP contribution in [0.25, 0.3) is 0 Å². The van der Waals surface area contributed by atoms with Crippen molar-refractivity contribution in [3.05, 3.63) is 34.9 Å². The third kappa shape index (κ3) is 2.09. The van der Waals surface area contributed by atoms with E-state index in [4.69, 9.17) is 0 Å². The summed E-state index contributed by atoms with van der Waals surface area (Å²) in [5.74, 6) is 0. The fourth-order valence-corrected chi connectivity index (χ4v) is 1.01. The molecule has 0 fully saturated rings. The SMILES string of the molecule is Cc1ccc(CO[C]=O)cc1C. The van der Waals surface area contributed by atoms with E-state index in [0.717, 1.165) is 5.56 Å². The van der Waals surface area contributed by atoms with E-state index < -0.39 is 0 Å². The van der Waals surface area contributed by atoms with Crippen molar-refractivity contribution in [1.29, 1.82) is 0 Å². The summed E-state index contributed by atoms with van der Waals surface area (Å²) >= 11 is 0. The van der Waals surface area contributed by atoms with E-state index in [1.807, 2.05) is 32.0 Å². The Balaban J connectivity index is 2.75. The fourth-order valence-electron chi connectivity index (χ4n) is 1.01. The summed E-state index contributed by atoms with van der Waals surface area (Å²) < 4.78 is 4.51. The Labute approximate surface area is 72.2 Å². The van der Waals surface area contributed by atoms with E-state index in [0.29, 0.717) is 6.61 Å². The van der Waals surface area contributed by atoms with Crippen LogP contribution in [-0.4, -0.2) is 6.47 Å². The molecule has 0 aromatic heterocycles. The lowest BCUT2D eigenvalue weighted by Crippen LogP contribution is -1.91. The highest BCUT2D eigenvalue weighted by atomic mass is 16.5. The van der Waals surface area contributed by atoms with Gasteiger partial charge in [-0.3, -0.25) is 0 Å². The highest BCUT2D eigenvalue weighted by molar-refractivity contribution is 5.39. The molecule has 0 aliphatic carbocycles. The Kier molecular flexibility index (Phi) is 2.86. The van der Waals surface area contributed by atoms with Crippen molar-refractivity contribution in [3.63, 3.8) is 0 Å². The first-order valence-electron chi connectivity index (χ1n) is 3.79. The Morgan fingerprint density at radius 2 is 2.08 bits per heavy atom. The van der Waals surface area contributed by atoms with Gasteiger partial charge in [0.1, 0.15) is 6.61 Å². The molecular formula is C10H11O2. The van der Waals surface area contributed by atoms with Crippen LogP contribution in [0.15, 0.2) is 18.2 Å². The molecule has 1 radical (unpaired) electrons. The number of hydrogen-bond acceptors (Lipinski definition) is 2. The lowest BCUT2D eigenvalue weighted by atomic mass is 10.1. The zero-order chi connectivity index (χ0) is 8.97. The van der Waals surface area contributed by atoms with Gasteiger partial charge in [-0.25, -0.2) is 4.79 Å². The first-order chi connectivity index (χ1) is 5.74. The Hall–Kier alpha value is -1.31. The average molecular weight is 163 g/mol. The van der Waals surface area contributed by atoms with Crippen molar-refractivity contribution in [3.8, 4) is 0 Å². The summed E-state index contributed by atoms with van der Waals surface area (Å²) in [6.07, 6.45) is 0. The second kappa shape index (κ2) is 3.90. The average Bonchev–Trinajstić information content (AvgIpc) is 2.07. The van der Waals surface area contributed by atoms with Gasteiger partial charge in [0.25, 0.3) is 0 Å². The lowest BCUT2D eigenvalue weighted by Gasteiger charge is -2.02. The first kappa shape index (κ1) is 8.78. The zero-order valence-electron chi connectivity index (χ0n) is 7.26. The summed E-state index contributed by atoms with van der Waals surface area (Å²) in [4.78, 5) is 9.78. The van der Waals surface area contributed by atoms with E-state index >= 15 is 0 Å². The second-order valence-corrected chi connectivity index (χ2v) is 2.79. The number of rotatable bonds is 3. The molecule has 0 saturated carbocycles. The summed E-state index contributed by atoms with van der Waals surface area (Å²) in [5, 5.41) is 0. The van der Waals surface area contributed by atoms with Crippen molar-refractivity contribution >= 4 is 6.47 Å². The van der Waals surface area contributed by atoms with E-state index in [-0.39, 0.29) is 0 Å². The monoisotopic (exact) mass is 163 g/mol. The predicted octanol–water partition coefficient (Wildman–Crippen LogP) is 1.89. The highest BCUT2D eigenvalue weighted by Crippen LogP contribution is 2.10. The molecule has 63 valence electrons. The van der Waals surface area contributed by atoms with Crippen molar-refractivity contribution in [1.82, 2.24) is 0 Å². The van der Waals surface area contributed by atoms with Crippen molar-refractivity contribution in [2.24, 2.45) is 0 Å². The number of hydrogen-bond donors (Lipinski definition) is 0. The van der Waals surface area contributed by atoms with Crippen molar-refractivity contribution in [2.75, 3.05) is 0 Å². The predicted molar refractivity (Wildman–Crippen MR) is 46.4 cm³/mol. The number of aryl methyl sites for hydroxylation is 2. The van der Waals surface area contributed by atoms with E-state index in [2.05, 4.69) is 4.74 Å². The summed E-state index contributed by atoms with van der Waals surface area (Å²) in [5.41, 5.74) is 3.46. The molecule has 0 aliphatic rings. The minimum absolute atomic E-state index is 0.310. The molecule has 2 nitrogen and oxygen atoms in total. The standard InChI is InChI=1S/C10H11O2/c1-8-3-4-10(5-9(8)2)6-12-7-11/h3-5H,6H2,1-2H3. The second-order valence-electron chi connectivity index (χ2n) is 2.79. The molecule has 12 heavy (non-hydrogen) atoms. The van der Waals surface area contributed by atoms with Gasteiger partial charge in [0.05, 0.1) is 0 Å². The molecular weight excluding hydrogens is 152 g/mol. The van der Waals surface area contributed by atoms with Gasteiger partial charge in [0.2, 0.25) is 0 Å². The summed E-state index contributed by atoms with van der Waals surface area (Å²) in [6, 6.07) is 5.96. The molecule has 0 saturated heterocycles. The summed E-state index contributed by atoms with van der Waals surface area (Å²) in [6.45, 7) is 5.79. The van der Waals surface area contributed by atoms with Crippen molar-refractivity contribution in [2.45, 2.75) is 20.5 Å².